The summed E-state index contributed by atoms with van der Waals surface area (Å²) in [5, 5.41) is 8.76. The van der Waals surface area contributed by atoms with E-state index in [-0.39, 0.29) is 0 Å². The molecule has 0 heterocycles. The Balaban J connectivity index is 5.18. The molecule has 0 aliphatic carbocycles. The number of rotatable bonds is 12. The minimum absolute atomic E-state index is 0.445. The lowest BCUT2D eigenvalue weighted by molar-refractivity contribution is -0.432. The van der Waals surface area contributed by atoms with Gasteiger partial charge in [0.1, 0.15) is 5.25 Å². The molecule has 0 spiro atoms. The molecule has 1 atom stereocenters. The van der Waals surface area contributed by atoms with E-state index in [4.69, 9.17) is 5.26 Å². The molecular formula is C14H12F14O7S. The van der Waals surface area contributed by atoms with E-state index >= 15 is 0 Å². The fourth-order valence-electron chi connectivity index (χ4n) is 2.01. The molecule has 0 aliphatic heterocycles. The van der Waals surface area contributed by atoms with Crippen molar-refractivity contribution >= 4 is 24.0 Å². The molecule has 0 fully saturated rings. The number of hydrogen-bond acceptors (Lipinski definition) is 8. The van der Waals surface area contributed by atoms with Gasteiger partial charge >= 0.3 is 48.0 Å². The van der Waals surface area contributed by atoms with E-state index in [0.717, 1.165) is 0 Å². The molecule has 0 bridgehead atoms. The highest BCUT2D eigenvalue weighted by Crippen LogP contribution is 2.49. The van der Waals surface area contributed by atoms with Crippen molar-refractivity contribution in [3.63, 3.8) is 0 Å². The van der Waals surface area contributed by atoms with Crippen molar-refractivity contribution in [2.75, 3.05) is 13.2 Å². The van der Waals surface area contributed by atoms with Gasteiger partial charge in [-0.1, -0.05) is 5.04 Å². The number of halogens is 14. The van der Waals surface area contributed by atoms with Gasteiger partial charge in [0.25, 0.3) is 0 Å². The summed E-state index contributed by atoms with van der Waals surface area (Å²) in [5.41, 5.74) is -11.6. The maximum absolute atomic E-state index is 13.5. The number of ether oxygens (including phenoxy) is 2. The van der Waals surface area contributed by atoms with Crippen LogP contribution in [0.5, 0.6) is 0 Å². The molecule has 0 aliphatic rings. The van der Waals surface area contributed by atoms with Crippen LogP contribution in [0.25, 0.3) is 0 Å². The summed E-state index contributed by atoms with van der Waals surface area (Å²) in [6.07, 6.45) is -32.4. The molecular weight excluding hydrogens is 578 g/mol. The molecule has 0 saturated carbocycles. The van der Waals surface area contributed by atoms with Crippen LogP contribution in [0.15, 0.2) is 0 Å². The van der Waals surface area contributed by atoms with Gasteiger partial charge in [0.2, 0.25) is 0 Å². The Labute approximate surface area is 194 Å². The van der Waals surface area contributed by atoms with Crippen molar-refractivity contribution in [3.8, 4) is 0 Å². The van der Waals surface area contributed by atoms with Gasteiger partial charge in [-0.05, 0) is 0 Å². The Bertz CT molecular complexity index is 705. The first-order valence-electron chi connectivity index (χ1n) is 8.55. The second-order valence-corrected chi connectivity index (χ2v) is 7.31. The van der Waals surface area contributed by atoms with Gasteiger partial charge < -0.3 is 9.47 Å². The first-order chi connectivity index (χ1) is 15.9. The molecule has 36 heavy (non-hydrogen) atoms. The second-order valence-electron chi connectivity index (χ2n) is 6.41. The van der Waals surface area contributed by atoms with Crippen LogP contribution in [-0.2, 0) is 28.4 Å². The molecule has 0 amide bonds. The summed E-state index contributed by atoms with van der Waals surface area (Å²) >= 11 is -0.445. The largest absolute Gasteiger partial charge is 0.465 e. The summed E-state index contributed by atoms with van der Waals surface area (Å²) in [6, 6.07) is 0. The van der Waals surface area contributed by atoms with Crippen molar-refractivity contribution < 1.29 is 95.2 Å². The predicted octanol–water partition coefficient (Wildman–Crippen LogP) is 5.35. The SMILES string of the molecule is O=C(CC(SOOO)C(=O)OCCC(F)(C(F)(F)F)C(F)(F)F)OCCC(F)(C(F)(F)F)C(F)(F)F. The van der Waals surface area contributed by atoms with Gasteiger partial charge in [0.05, 0.1) is 31.7 Å². The Morgan fingerprint density at radius 1 is 0.667 bits per heavy atom. The highest BCUT2D eigenvalue weighted by Gasteiger charge is 2.73. The number of carbonyl (C=O) groups excluding carboxylic acids is 2. The van der Waals surface area contributed by atoms with Crippen molar-refractivity contribution in [2.24, 2.45) is 0 Å². The van der Waals surface area contributed by atoms with E-state index < -0.39 is 97.8 Å². The van der Waals surface area contributed by atoms with E-state index in [1.54, 1.807) is 0 Å². The maximum Gasteiger partial charge on any atom is 0.431 e. The van der Waals surface area contributed by atoms with Crippen molar-refractivity contribution in [3.05, 3.63) is 0 Å². The van der Waals surface area contributed by atoms with Crippen molar-refractivity contribution in [1.82, 2.24) is 0 Å². The summed E-state index contributed by atoms with van der Waals surface area (Å²) in [7, 11) is 0. The lowest BCUT2D eigenvalue weighted by atomic mass is 10.0. The van der Waals surface area contributed by atoms with E-state index in [1.807, 2.05) is 0 Å². The molecule has 1 unspecified atom stereocenters. The highest BCUT2D eigenvalue weighted by atomic mass is 32.2. The predicted molar refractivity (Wildman–Crippen MR) is 83.8 cm³/mol. The zero-order chi connectivity index (χ0) is 28.8. The molecule has 0 aromatic carbocycles. The zero-order valence-corrected chi connectivity index (χ0v) is 17.5. The number of esters is 2. The van der Waals surface area contributed by atoms with Crippen LogP contribution in [0.2, 0.25) is 0 Å². The summed E-state index contributed by atoms with van der Waals surface area (Å²) in [6.45, 7) is -3.79. The van der Waals surface area contributed by atoms with Crippen LogP contribution in [0.3, 0.4) is 0 Å². The molecule has 1 N–H and O–H groups in total. The van der Waals surface area contributed by atoms with Crippen LogP contribution >= 0.6 is 12.0 Å². The maximum atomic E-state index is 13.5. The summed E-state index contributed by atoms with van der Waals surface area (Å²) in [5.74, 6) is -3.82. The molecule has 0 aromatic rings. The van der Waals surface area contributed by atoms with E-state index in [9.17, 15) is 71.1 Å². The molecule has 214 valence electrons. The average Bonchev–Trinajstić information content (AvgIpc) is 2.67. The monoisotopic (exact) mass is 590 g/mol. The topological polar surface area (TPSA) is 91.3 Å². The van der Waals surface area contributed by atoms with Crippen LogP contribution in [-0.4, -0.2) is 71.7 Å². The smallest absolute Gasteiger partial charge is 0.431 e. The van der Waals surface area contributed by atoms with Gasteiger partial charge in [-0.15, -0.1) is 4.33 Å². The van der Waals surface area contributed by atoms with Crippen LogP contribution in [0, 0.1) is 0 Å². The highest BCUT2D eigenvalue weighted by molar-refractivity contribution is 7.95. The summed E-state index contributed by atoms with van der Waals surface area (Å²) in [4.78, 5) is 23.3. The van der Waals surface area contributed by atoms with E-state index in [1.165, 1.54) is 0 Å². The molecule has 0 saturated heterocycles. The van der Waals surface area contributed by atoms with Gasteiger partial charge in [-0.3, -0.25) is 9.59 Å². The number of alkyl halides is 14. The molecule has 7 nitrogen and oxygen atoms in total. The van der Waals surface area contributed by atoms with Crippen LogP contribution in [0.4, 0.5) is 61.5 Å². The van der Waals surface area contributed by atoms with Gasteiger partial charge in [0.15, 0.2) is 0 Å². The van der Waals surface area contributed by atoms with Crippen LogP contribution in [0.1, 0.15) is 19.3 Å². The Morgan fingerprint density at radius 3 is 1.36 bits per heavy atom. The standard InChI is InChI=1S/C14H12F14O7S/c15-9(11(17,18)19,12(20,21)22)1-3-32-7(29)5-6(36-35-34-31)8(30)33-4-2-10(16,13(23,24)25)14(26,27)28/h6,31H,1-5H2. The lowest BCUT2D eigenvalue weighted by Crippen LogP contribution is -2.54. The molecule has 0 aromatic heterocycles. The van der Waals surface area contributed by atoms with Gasteiger partial charge in [-0.25, -0.2) is 14.0 Å². The molecule has 0 radical (unpaired) electrons. The Morgan fingerprint density at radius 2 is 1.03 bits per heavy atom. The van der Waals surface area contributed by atoms with E-state index in [0.29, 0.717) is 0 Å². The fourth-order valence-corrected chi connectivity index (χ4v) is 2.49. The van der Waals surface area contributed by atoms with Gasteiger partial charge in [0, 0.05) is 12.8 Å². The first kappa shape index (κ1) is 34.2. The van der Waals surface area contributed by atoms with Crippen LogP contribution < -0.4 is 0 Å². The normalized spacial score (nSPS) is 15.0. The Kier molecular flexibility index (Phi) is 11.5. The third kappa shape index (κ3) is 8.64. The molecule has 0 rings (SSSR count). The molecule has 22 heteroatoms. The average molecular weight is 590 g/mol. The third-order valence-corrected chi connectivity index (χ3v) is 4.73. The number of hydrogen-bond donors (Lipinski definition) is 1. The summed E-state index contributed by atoms with van der Waals surface area (Å²) < 4.78 is 188. The fraction of sp³-hybridized carbons (Fsp3) is 0.857. The Hall–Kier alpha value is -1.81. The van der Waals surface area contributed by atoms with Gasteiger partial charge in [-0.2, -0.15) is 52.7 Å². The first-order valence-corrected chi connectivity index (χ1v) is 9.35. The number of carbonyl (C=O) groups is 2. The minimum Gasteiger partial charge on any atom is -0.465 e. The van der Waals surface area contributed by atoms with Crippen molar-refractivity contribution in [1.29, 1.82) is 0 Å². The zero-order valence-electron chi connectivity index (χ0n) is 16.7. The van der Waals surface area contributed by atoms with E-state index in [2.05, 4.69) is 18.8 Å². The third-order valence-electron chi connectivity index (χ3n) is 4.00. The second kappa shape index (κ2) is 12.2. The quantitative estimate of drug-likeness (QED) is 0.107. The van der Waals surface area contributed by atoms with Crippen molar-refractivity contribution in [2.45, 2.75) is 60.6 Å². The minimum atomic E-state index is -6.50. The lowest BCUT2D eigenvalue weighted by Gasteiger charge is -2.29.